The zero-order chi connectivity index (χ0) is 24.0. The van der Waals surface area contributed by atoms with Crippen LogP contribution in [0.25, 0.3) is 11.2 Å². The zero-order valence-corrected chi connectivity index (χ0v) is 19.6. The molecule has 0 spiro atoms. The molecule has 1 amide bonds. The number of nitrogens with zero attached hydrogens (tertiary/aromatic N) is 5. The third-order valence-electron chi connectivity index (χ3n) is 4.56. The number of fused-ring (bicyclic) bond motifs is 1. The minimum absolute atomic E-state index is 0.0434. The Morgan fingerprint density at radius 2 is 1.76 bits per heavy atom. The normalized spacial score (nSPS) is 11.5. The Balaban J connectivity index is 1.65. The van der Waals surface area contributed by atoms with Gasteiger partial charge < -0.3 is 30.7 Å². The molecular weight excluding hydrogens is 447 g/mol. The van der Waals surface area contributed by atoms with Crippen molar-refractivity contribution in [3.8, 4) is 0 Å². The SMILES string of the molecule is CCOP(=O)(CNC(=O)c1ccc(N(C)Cc2cnc3nc(N)nc(N)c3n2)cc1)OCC. The van der Waals surface area contributed by atoms with Gasteiger partial charge in [0.05, 0.1) is 31.6 Å². The van der Waals surface area contributed by atoms with E-state index in [0.717, 1.165) is 5.69 Å². The molecule has 176 valence electrons. The molecule has 33 heavy (non-hydrogen) atoms. The average molecular weight is 474 g/mol. The fraction of sp³-hybridized carbons (Fsp3) is 0.350. The van der Waals surface area contributed by atoms with Gasteiger partial charge in [-0.25, -0.2) is 9.97 Å². The number of anilines is 3. The Morgan fingerprint density at radius 1 is 1.09 bits per heavy atom. The van der Waals surface area contributed by atoms with Crippen LogP contribution in [0, 0.1) is 0 Å². The van der Waals surface area contributed by atoms with Crippen molar-refractivity contribution in [2.45, 2.75) is 20.4 Å². The number of hydrogen-bond donors (Lipinski definition) is 3. The van der Waals surface area contributed by atoms with Crippen LogP contribution < -0.4 is 21.7 Å². The second kappa shape index (κ2) is 10.5. The highest BCUT2D eigenvalue weighted by Gasteiger charge is 2.24. The Labute approximate surface area is 191 Å². The fourth-order valence-corrected chi connectivity index (χ4v) is 4.43. The highest BCUT2D eigenvalue weighted by atomic mass is 31.2. The van der Waals surface area contributed by atoms with Crippen LogP contribution >= 0.6 is 7.60 Å². The topological polar surface area (TPSA) is 171 Å². The highest BCUT2D eigenvalue weighted by molar-refractivity contribution is 7.53. The number of nitrogens with two attached hydrogens (primary N) is 2. The monoisotopic (exact) mass is 474 g/mol. The van der Waals surface area contributed by atoms with E-state index < -0.39 is 7.60 Å². The third-order valence-corrected chi connectivity index (χ3v) is 6.40. The van der Waals surface area contributed by atoms with Crippen LogP contribution in [0.2, 0.25) is 0 Å². The lowest BCUT2D eigenvalue weighted by atomic mass is 10.2. The van der Waals surface area contributed by atoms with E-state index in [2.05, 4.69) is 25.3 Å². The van der Waals surface area contributed by atoms with Gasteiger partial charge >= 0.3 is 7.60 Å². The fourth-order valence-electron chi connectivity index (χ4n) is 3.05. The standard InChI is InChI=1S/C20H27N8O4P/c1-4-31-33(30,32-5-2)12-24-19(29)13-6-8-15(9-7-13)28(3)11-14-10-23-18-16(25-14)17(21)26-20(22)27-18/h6-10H,4-5,11-12H2,1-3H3,(H,24,29)(H4,21,22,23,26,27). The quantitative estimate of drug-likeness (QED) is 0.368. The maximum Gasteiger partial charge on any atom is 0.349 e. The van der Waals surface area contributed by atoms with Crippen LogP contribution in [0.1, 0.15) is 29.9 Å². The van der Waals surface area contributed by atoms with E-state index in [1.807, 2.05) is 11.9 Å². The molecule has 0 atom stereocenters. The van der Waals surface area contributed by atoms with Gasteiger partial charge in [-0.05, 0) is 38.1 Å². The highest BCUT2D eigenvalue weighted by Crippen LogP contribution is 2.46. The van der Waals surface area contributed by atoms with Crippen LogP contribution in [0.3, 0.4) is 0 Å². The number of nitrogen functional groups attached to an aromatic ring is 2. The second-order valence-electron chi connectivity index (χ2n) is 7.01. The molecule has 2 heterocycles. The van der Waals surface area contributed by atoms with E-state index in [0.29, 0.717) is 29.0 Å². The zero-order valence-electron chi connectivity index (χ0n) is 18.7. The van der Waals surface area contributed by atoms with E-state index >= 15 is 0 Å². The van der Waals surface area contributed by atoms with Gasteiger partial charge in [0.2, 0.25) is 5.95 Å². The third kappa shape index (κ3) is 6.13. The van der Waals surface area contributed by atoms with Crippen molar-refractivity contribution in [3.63, 3.8) is 0 Å². The lowest BCUT2D eigenvalue weighted by molar-refractivity contribution is 0.0954. The van der Waals surface area contributed by atoms with Gasteiger partial charge in [-0.3, -0.25) is 9.36 Å². The Bertz CT molecular complexity index is 1160. The second-order valence-corrected chi connectivity index (χ2v) is 9.07. The molecule has 0 saturated carbocycles. The van der Waals surface area contributed by atoms with Gasteiger partial charge in [-0.15, -0.1) is 0 Å². The van der Waals surface area contributed by atoms with Crippen molar-refractivity contribution in [3.05, 3.63) is 41.7 Å². The first-order valence-electron chi connectivity index (χ1n) is 10.3. The molecule has 0 saturated heterocycles. The van der Waals surface area contributed by atoms with Gasteiger partial charge in [-0.1, -0.05) is 0 Å². The van der Waals surface area contributed by atoms with Crippen LogP contribution in [0.15, 0.2) is 30.5 Å². The summed E-state index contributed by atoms with van der Waals surface area (Å²) in [6.07, 6.45) is 1.40. The van der Waals surface area contributed by atoms with Crippen molar-refractivity contribution in [1.29, 1.82) is 0 Å². The molecule has 0 aliphatic heterocycles. The molecule has 0 radical (unpaired) electrons. The first kappa shape index (κ1) is 24.3. The molecular formula is C20H27N8O4P. The van der Waals surface area contributed by atoms with Crippen molar-refractivity contribution in [2.24, 2.45) is 0 Å². The number of hydrogen-bond acceptors (Lipinski definition) is 11. The van der Waals surface area contributed by atoms with Crippen LogP contribution in [0.4, 0.5) is 17.5 Å². The smallest absolute Gasteiger partial charge is 0.349 e. The van der Waals surface area contributed by atoms with Gasteiger partial charge in [-0.2, -0.15) is 9.97 Å². The lowest BCUT2D eigenvalue weighted by Gasteiger charge is -2.19. The van der Waals surface area contributed by atoms with Crippen molar-refractivity contribution < 1.29 is 18.4 Å². The minimum atomic E-state index is -3.36. The molecule has 0 aliphatic rings. The van der Waals surface area contributed by atoms with Crippen molar-refractivity contribution in [1.82, 2.24) is 25.3 Å². The summed E-state index contributed by atoms with van der Waals surface area (Å²) in [5.41, 5.74) is 14.1. The summed E-state index contributed by atoms with van der Waals surface area (Å²) in [6.45, 7) is 4.31. The van der Waals surface area contributed by atoms with Gasteiger partial charge in [0.15, 0.2) is 17.0 Å². The molecule has 3 aromatic rings. The largest absolute Gasteiger partial charge is 0.382 e. The molecule has 0 aliphatic carbocycles. The summed E-state index contributed by atoms with van der Waals surface area (Å²) in [7, 11) is -1.48. The minimum Gasteiger partial charge on any atom is -0.382 e. The Hall–Kier alpha value is -3.34. The molecule has 0 unspecified atom stereocenters. The van der Waals surface area contributed by atoms with E-state index in [1.54, 1.807) is 44.3 Å². The van der Waals surface area contributed by atoms with Crippen LogP contribution in [0.5, 0.6) is 0 Å². The van der Waals surface area contributed by atoms with E-state index in [-0.39, 0.29) is 37.2 Å². The predicted octanol–water partition coefficient (Wildman–Crippen LogP) is 2.17. The van der Waals surface area contributed by atoms with E-state index in [9.17, 15) is 9.36 Å². The van der Waals surface area contributed by atoms with Crippen molar-refractivity contribution in [2.75, 3.05) is 42.9 Å². The summed E-state index contributed by atoms with van der Waals surface area (Å²) in [5, 5.41) is 2.61. The molecule has 2 aromatic heterocycles. The Morgan fingerprint density at radius 3 is 2.39 bits per heavy atom. The maximum atomic E-state index is 12.5. The molecule has 3 rings (SSSR count). The summed E-state index contributed by atoms with van der Waals surface area (Å²) >= 11 is 0. The van der Waals surface area contributed by atoms with E-state index in [4.69, 9.17) is 20.5 Å². The molecule has 0 bridgehead atoms. The van der Waals surface area contributed by atoms with Gasteiger partial charge in [0, 0.05) is 18.3 Å². The first-order chi connectivity index (χ1) is 15.7. The lowest BCUT2D eigenvalue weighted by Crippen LogP contribution is -2.26. The molecule has 12 nitrogen and oxygen atoms in total. The molecule has 5 N–H and O–H groups in total. The predicted molar refractivity (Wildman–Crippen MR) is 126 cm³/mol. The molecule has 13 heteroatoms. The number of aromatic nitrogens is 4. The summed E-state index contributed by atoms with van der Waals surface area (Å²) < 4.78 is 22.9. The van der Waals surface area contributed by atoms with Crippen LogP contribution in [-0.4, -0.2) is 52.4 Å². The number of carbonyl (C=O) groups is 1. The number of nitrogens with one attached hydrogen (secondary N) is 1. The maximum absolute atomic E-state index is 12.5. The first-order valence-corrected chi connectivity index (χ1v) is 12.0. The molecule has 0 fully saturated rings. The van der Waals surface area contributed by atoms with E-state index in [1.165, 1.54) is 0 Å². The number of benzene rings is 1. The number of rotatable bonds is 10. The number of carbonyl (C=O) groups excluding carboxylic acids is 1. The van der Waals surface area contributed by atoms with Crippen LogP contribution in [-0.2, 0) is 20.2 Å². The Kier molecular flexibility index (Phi) is 7.75. The van der Waals surface area contributed by atoms with Crippen molar-refractivity contribution >= 4 is 42.1 Å². The summed E-state index contributed by atoms with van der Waals surface area (Å²) in [5.74, 6) is -0.163. The van der Waals surface area contributed by atoms with Gasteiger partial charge in [0.1, 0.15) is 6.29 Å². The van der Waals surface area contributed by atoms with Gasteiger partial charge in [0.25, 0.3) is 5.91 Å². The summed E-state index contributed by atoms with van der Waals surface area (Å²) in [4.78, 5) is 31.1. The average Bonchev–Trinajstić information content (AvgIpc) is 2.78. The molecule has 1 aromatic carbocycles. The number of amides is 1. The summed E-state index contributed by atoms with van der Waals surface area (Å²) in [6, 6.07) is 6.95.